The number of carbonyl (C=O) groups excluding carboxylic acids is 1. The van der Waals surface area contributed by atoms with Gasteiger partial charge in [0.05, 0.1) is 5.69 Å². The molecule has 2 aliphatic rings. The number of aryl methyl sites for hydroxylation is 2. The van der Waals surface area contributed by atoms with Gasteiger partial charge in [-0.25, -0.2) is 8.42 Å². The number of sulfonamides is 1. The zero-order valence-corrected chi connectivity index (χ0v) is 17.3. The third-order valence-corrected chi connectivity index (χ3v) is 7.95. The highest BCUT2D eigenvalue weighted by Crippen LogP contribution is 2.37. The van der Waals surface area contributed by atoms with Crippen LogP contribution in [-0.2, 0) is 21.9 Å². The maximum Gasteiger partial charge on any atom is 0.248 e. The number of halogens is 1. The van der Waals surface area contributed by atoms with Crippen molar-refractivity contribution in [3.63, 3.8) is 0 Å². The predicted octanol–water partition coefficient (Wildman–Crippen LogP) is 2.04. The van der Waals surface area contributed by atoms with Gasteiger partial charge in [0.25, 0.3) is 0 Å². The molecule has 26 heavy (non-hydrogen) atoms. The summed E-state index contributed by atoms with van der Waals surface area (Å²) in [4.78, 5) is 14.4. The van der Waals surface area contributed by atoms with Crippen LogP contribution in [-0.4, -0.2) is 59.0 Å². The quantitative estimate of drug-likeness (QED) is 0.772. The van der Waals surface area contributed by atoms with Gasteiger partial charge in [-0.05, 0) is 31.6 Å². The van der Waals surface area contributed by atoms with Crippen molar-refractivity contribution in [2.45, 2.75) is 51.0 Å². The molecule has 0 aromatic carbocycles. The molecule has 1 amide bonds. The fraction of sp³-hybridized carbons (Fsp3) is 0.765. The van der Waals surface area contributed by atoms with Crippen molar-refractivity contribution in [1.82, 2.24) is 19.0 Å². The van der Waals surface area contributed by atoms with Gasteiger partial charge in [-0.15, -0.1) is 0 Å². The molecule has 0 spiro atoms. The van der Waals surface area contributed by atoms with E-state index in [1.54, 1.807) is 18.3 Å². The third kappa shape index (κ3) is 3.39. The van der Waals surface area contributed by atoms with Gasteiger partial charge >= 0.3 is 0 Å². The molecule has 9 heteroatoms. The zero-order valence-electron chi connectivity index (χ0n) is 15.8. The van der Waals surface area contributed by atoms with Crippen molar-refractivity contribution >= 4 is 27.5 Å². The SMILES string of the molecule is Cc1nn(C)c(Cl)c1S(=O)(=O)N1CCC[C@@H]2CN(C(=O)CC(C)C)C[C@@H]21. The highest BCUT2D eigenvalue weighted by molar-refractivity contribution is 7.89. The van der Waals surface area contributed by atoms with Crippen molar-refractivity contribution in [2.75, 3.05) is 19.6 Å². The van der Waals surface area contributed by atoms with Crippen LogP contribution >= 0.6 is 11.6 Å². The Morgan fingerprint density at radius 2 is 2.04 bits per heavy atom. The summed E-state index contributed by atoms with van der Waals surface area (Å²) in [6.07, 6.45) is 2.24. The summed E-state index contributed by atoms with van der Waals surface area (Å²) in [5.74, 6) is 0.592. The average Bonchev–Trinajstić information content (AvgIpc) is 3.07. The molecular formula is C17H27ClN4O3S. The lowest BCUT2D eigenvalue weighted by Crippen LogP contribution is -2.48. The lowest BCUT2D eigenvalue weighted by Gasteiger charge is -2.35. The van der Waals surface area contributed by atoms with Crippen LogP contribution in [0.2, 0.25) is 5.15 Å². The second kappa shape index (κ2) is 7.13. The number of rotatable bonds is 4. The monoisotopic (exact) mass is 402 g/mol. The Morgan fingerprint density at radius 1 is 1.35 bits per heavy atom. The molecular weight excluding hydrogens is 376 g/mol. The molecule has 2 aliphatic heterocycles. The summed E-state index contributed by atoms with van der Waals surface area (Å²) in [7, 11) is -2.11. The highest BCUT2D eigenvalue weighted by atomic mass is 35.5. The van der Waals surface area contributed by atoms with Gasteiger partial charge in [0.15, 0.2) is 0 Å². The Balaban J connectivity index is 1.88. The summed E-state index contributed by atoms with van der Waals surface area (Å²) < 4.78 is 29.6. The van der Waals surface area contributed by atoms with Crippen LogP contribution in [0.25, 0.3) is 0 Å². The first-order valence-corrected chi connectivity index (χ1v) is 10.9. The Morgan fingerprint density at radius 3 is 2.62 bits per heavy atom. The van der Waals surface area contributed by atoms with E-state index in [0.29, 0.717) is 37.7 Å². The molecule has 0 saturated carbocycles. The zero-order chi connectivity index (χ0) is 19.2. The number of amides is 1. The van der Waals surface area contributed by atoms with Gasteiger partial charge in [-0.3, -0.25) is 9.48 Å². The van der Waals surface area contributed by atoms with Gasteiger partial charge in [0, 0.05) is 39.1 Å². The summed E-state index contributed by atoms with van der Waals surface area (Å²) in [5.41, 5.74) is 0.408. The maximum atomic E-state index is 13.3. The molecule has 1 aromatic rings. The van der Waals surface area contributed by atoms with Gasteiger partial charge in [-0.2, -0.15) is 9.40 Å². The molecule has 0 unspecified atom stereocenters. The van der Waals surface area contributed by atoms with E-state index in [0.717, 1.165) is 12.8 Å². The maximum absolute atomic E-state index is 13.3. The lowest BCUT2D eigenvalue weighted by molar-refractivity contribution is -0.131. The molecule has 3 rings (SSSR count). The number of hydrogen-bond acceptors (Lipinski definition) is 4. The van der Waals surface area contributed by atoms with Crippen molar-refractivity contribution in [1.29, 1.82) is 0 Å². The third-order valence-electron chi connectivity index (χ3n) is 5.33. The molecule has 0 radical (unpaired) electrons. The molecule has 0 bridgehead atoms. The molecule has 2 atom stereocenters. The summed E-state index contributed by atoms with van der Waals surface area (Å²) in [6, 6.07) is -0.180. The number of fused-ring (bicyclic) bond motifs is 1. The normalized spacial score (nSPS) is 24.3. The van der Waals surface area contributed by atoms with Gasteiger partial charge in [-0.1, -0.05) is 25.4 Å². The van der Waals surface area contributed by atoms with E-state index in [2.05, 4.69) is 5.10 Å². The molecule has 3 heterocycles. The van der Waals surface area contributed by atoms with E-state index in [9.17, 15) is 13.2 Å². The van der Waals surface area contributed by atoms with Crippen LogP contribution in [0.1, 0.15) is 38.8 Å². The van der Waals surface area contributed by atoms with Crippen LogP contribution in [0, 0.1) is 18.8 Å². The Bertz CT molecular complexity index is 805. The van der Waals surface area contributed by atoms with E-state index in [4.69, 9.17) is 11.6 Å². The van der Waals surface area contributed by atoms with Crippen LogP contribution in [0.15, 0.2) is 4.90 Å². The number of nitrogens with zero attached hydrogens (tertiary/aromatic N) is 4. The first-order valence-electron chi connectivity index (χ1n) is 9.11. The van der Waals surface area contributed by atoms with E-state index in [-0.39, 0.29) is 27.9 Å². The van der Waals surface area contributed by atoms with Gasteiger partial charge in [0.1, 0.15) is 10.0 Å². The Labute approximate surface area is 160 Å². The summed E-state index contributed by atoms with van der Waals surface area (Å²) in [5, 5.41) is 4.28. The summed E-state index contributed by atoms with van der Waals surface area (Å²) >= 11 is 6.23. The minimum Gasteiger partial charge on any atom is -0.341 e. The fourth-order valence-corrected chi connectivity index (χ4v) is 6.57. The van der Waals surface area contributed by atoms with E-state index in [1.165, 1.54) is 4.68 Å². The number of likely N-dealkylation sites (tertiary alicyclic amines) is 1. The second-order valence-electron chi connectivity index (χ2n) is 7.81. The van der Waals surface area contributed by atoms with Crippen LogP contribution < -0.4 is 0 Å². The van der Waals surface area contributed by atoms with Gasteiger partial charge in [0.2, 0.25) is 15.9 Å². The van der Waals surface area contributed by atoms with Gasteiger partial charge < -0.3 is 4.90 Å². The topological polar surface area (TPSA) is 75.5 Å². The molecule has 2 fully saturated rings. The average molecular weight is 403 g/mol. The first-order chi connectivity index (χ1) is 12.1. The van der Waals surface area contributed by atoms with E-state index in [1.807, 2.05) is 18.7 Å². The molecule has 0 aliphatic carbocycles. The van der Waals surface area contributed by atoms with E-state index < -0.39 is 10.0 Å². The smallest absolute Gasteiger partial charge is 0.248 e. The molecule has 1 aromatic heterocycles. The Hall–Kier alpha value is -1.12. The highest BCUT2D eigenvalue weighted by Gasteiger charge is 2.46. The molecule has 146 valence electrons. The van der Waals surface area contributed by atoms with Crippen LogP contribution in [0.3, 0.4) is 0 Å². The number of carbonyl (C=O) groups is 1. The van der Waals surface area contributed by atoms with Crippen molar-refractivity contribution in [3.8, 4) is 0 Å². The minimum absolute atomic E-state index is 0.0919. The minimum atomic E-state index is -3.75. The standard InChI is InChI=1S/C17H27ClN4O3S/c1-11(2)8-15(23)21-9-13-6-5-7-22(14(13)10-21)26(24,25)16-12(3)19-20(4)17(16)18/h11,13-14H,5-10H2,1-4H3/t13-,14+/m1/s1. The molecule has 2 saturated heterocycles. The number of aromatic nitrogens is 2. The number of piperidine rings is 1. The molecule has 0 N–H and O–H groups in total. The van der Waals surface area contributed by atoms with Crippen molar-refractivity contribution in [3.05, 3.63) is 10.8 Å². The largest absolute Gasteiger partial charge is 0.341 e. The predicted molar refractivity (Wildman–Crippen MR) is 99.4 cm³/mol. The van der Waals surface area contributed by atoms with Crippen molar-refractivity contribution < 1.29 is 13.2 Å². The van der Waals surface area contributed by atoms with Crippen molar-refractivity contribution in [2.24, 2.45) is 18.9 Å². The Kier molecular flexibility index (Phi) is 5.38. The summed E-state index contributed by atoms with van der Waals surface area (Å²) in [6.45, 7) is 7.26. The molecule has 7 nitrogen and oxygen atoms in total. The fourth-order valence-electron chi connectivity index (χ4n) is 4.14. The van der Waals surface area contributed by atoms with Crippen LogP contribution in [0.4, 0.5) is 0 Å². The number of hydrogen-bond donors (Lipinski definition) is 0. The lowest BCUT2D eigenvalue weighted by atomic mass is 9.94. The first kappa shape index (κ1) is 19.6. The van der Waals surface area contributed by atoms with E-state index >= 15 is 0 Å². The van der Waals surface area contributed by atoms with Crippen LogP contribution in [0.5, 0.6) is 0 Å². The second-order valence-corrected chi connectivity index (χ2v) is 10.00.